The van der Waals surface area contributed by atoms with E-state index in [1.807, 2.05) is 30.3 Å². The van der Waals surface area contributed by atoms with Gasteiger partial charge in [-0.25, -0.2) is 39.9 Å². The Morgan fingerprint density at radius 1 is 0.431 bits per heavy atom. The molecule has 7 N–H and O–H groups in total. The van der Waals surface area contributed by atoms with Crippen molar-refractivity contribution in [1.82, 2.24) is 80.7 Å². The summed E-state index contributed by atoms with van der Waals surface area (Å²) in [5.74, 6) is 2.36. The average Bonchev–Trinajstić information content (AvgIpc) is 1.38. The van der Waals surface area contributed by atoms with E-state index in [9.17, 15) is 14.7 Å². The van der Waals surface area contributed by atoms with Gasteiger partial charge in [-0.3, -0.25) is 30.0 Å². The number of aromatic nitrogens is 16. The van der Waals surface area contributed by atoms with Crippen LogP contribution < -0.4 is 30.1 Å². The number of methoxy groups -OCH3 is 1. The summed E-state index contributed by atoms with van der Waals surface area (Å²) in [7, 11) is 1.61. The van der Waals surface area contributed by atoms with Crippen LogP contribution >= 0.6 is 92.8 Å². The third kappa shape index (κ3) is 16.8. The number of hydrogen-bond donors (Lipinski definition) is 6. The Kier molecular flexibility index (Phi) is 23.1. The van der Waals surface area contributed by atoms with Gasteiger partial charge >= 0.3 is 0 Å². The number of fused-ring (bicyclic) bond motifs is 4. The van der Waals surface area contributed by atoms with E-state index in [-0.39, 0.29) is 17.7 Å². The number of H-pyrrole nitrogens is 4. The van der Waals surface area contributed by atoms with E-state index in [4.69, 9.17) is 118 Å². The van der Waals surface area contributed by atoms with Gasteiger partial charge in [0.15, 0.2) is 35.3 Å². The maximum atomic E-state index is 12.1. The topological polar surface area (TPSA) is 320 Å². The molecule has 16 rings (SSSR count). The number of halogens is 8. The number of rotatable bonds is 12. The fourth-order valence-corrected chi connectivity index (χ4v) is 15.1. The van der Waals surface area contributed by atoms with Crippen LogP contribution in [0.2, 0.25) is 40.2 Å². The van der Waals surface area contributed by atoms with Crippen LogP contribution in [0.25, 0.3) is 89.7 Å². The SMILES string of the molecule is CC1(C)CCN(c2nc3n[nH]c(-c4cccc(Cl)c4Cl)c3nc2C(N)=O)CC1.CC1(C)CCN(c2nc3n[nH]c(-c4cccc(Cl)c4Cl)c3nc2C=O)CC1.CC1(C)CCN(c2nc3n[nH]c(-c4cccc(Cl)c4Cl)c3nc2CO)CC1.COc1nc2c(-c3cccc(Cl)c3Cl)[nH]nc2nc1N1CCC(C)(C)CC1. The molecule has 12 heterocycles. The predicted molar refractivity (Wildman–Crippen MR) is 436 cm³/mol. The first-order chi connectivity index (χ1) is 51.9. The smallest absolute Gasteiger partial charge is 0.271 e. The van der Waals surface area contributed by atoms with Gasteiger partial charge in [-0.1, -0.05) is 197 Å². The van der Waals surface area contributed by atoms with E-state index in [0.717, 1.165) is 121 Å². The number of ether oxygens (including phenoxy) is 1. The van der Waals surface area contributed by atoms with E-state index < -0.39 is 5.91 Å². The van der Waals surface area contributed by atoms with Crippen LogP contribution in [0.3, 0.4) is 0 Å². The molecule has 4 aromatic carbocycles. The number of nitrogens with two attached hydrogens (primary N) is 1. The molecule has 0 bridgehead atoms. The Balaban J connectivity index is 0.000000128. The van der Waals surface area contributed by atoms with Crippen LogP contribution in [0.1, 0.15) is 133 Å². The van der Waals surface area contributed by atoms with Gasteiger partial charge in [-0.2, -0.15) is 20.4 Å². The summed E-state index contributed by atoms with van der Waals surface area (Å²) in [5.41, 5.74) is 17.1. The molecule has 0 saturated carbocycles. The number of nitrogens with zero attached hydrogens (tertiary/aromatic N) is 16. The van der Waals surface area contributed by atoms with Crippen LogP contribution in [0, 0.1) is 21.7 Å². The summed E-state index contributed by atoms with van der Waals surface area (Å²) in [6, 6.07) is 21.5. The van der Waals surface area contributed by atoms with Crippen LogP contribution in [-0.4, -0.2) is 157 Å². The first-order valence-corrected chi connectivity index (χ1v) is 38.7. The number of anilines is 4. The number of aromatic amines is 4. The highest BCUT2D eigenvalue weighted by molar-refractivity contribution is 6.45. The minimum absolute atomic E-state index is 0.132. The fourth-order valence-electron chi connectivity index (χ4n) is 13.6. The van der Waals surface area contributed by atoms with Crippen molar-refractivity contribution in [1.29, 1.82) is 0 Å². The maximum Gasteiger partial charge on any atom is 0.271 e. The number of hydrogen-bond acceptors (Lipinski definition) is 20. The maximum absolute atomic E-state index is 12.1. The van der Waals surface area contributed by atoms with Crippen LogP contribution in [0.5, 0.6) is 5.88 Å². The largest absolute Gasteiger partial charge is 0.478 e. The minimum Gasteiger partial charge on any atom is -0.478 e. The molecule has 570 valence electrons. The van der Waals surface area contributed by atoms with Crippen molar-refractivity contribution in [3.8, 4) is 50.9 Å². The second-order valence-electron chi connectivity index (χ2n) is 30.6. The van der Waals surface area contributed by atoms with Gasteiger partial charge in [0.1, 0.15) is 33.5 Å². The summed E-state index contributed by atoms with van der Waals surface area (Å²) in [6.07, 6.45) is 9.15. The zero-order chi connectivity index (χ0) is 77.6. The zero-order valence-electron chi connectivity index (χ0n) is 61.5. The summed E-state index contributed by atoms with van der Waals surface area (Å²) in [4.78, 5) is 69.5. The number of benzene rings is 4. The molecule has 8 aromatic heterocycles. The molecule has 4 aliphatic rings. The van der Waals surface area contributed by atoms with Crippen molar-refractivity contribution < 1.29 is 19.4 Å². The van der Waals surface area contributed by atoms with Crippen molar-refractivity contribution in [3.05, 3.63) is 130 Å². The Labute approximate surface area is 669 Å². The highest BCUT2D eigenvalue weighted by Gasteiger charge is 2.35. The molecule has 4 fully saturated rings. The number of aliphatic hydroxyl groups is 1. The van der Waals surface area contributed by atoms with Crippen LogP contribution in [0.15, 0.2) is 72.8 Å². The molecule has 12 aromatic rings. The molecule has 109 heavy (non-hydrogen) atoms. The Morgan fingerprint density at radius 3 is 1.06 bits per heavy atom. The molecule has 0 spiro atoms. The van der Waals surface area contributed by atoms with E-state index in [1.165, 1.54) is 0 Å². The monoisotopic (exact) mass is 1630 g/mol. The summed E-state index contributed by atoms with van der Waals surface area (Å²) in [6.45, 7) is 24.8. The molecule has 0 aliphatic carbocycles. The summed E-state index contributed by atoms with van der Waals surface area (Å²) >= 11 is 49.9. The molecule has 1 amide bonds. The van der Waals surface area contributed by atoms with Crippen molar-refractivity contribution in [3.63, 3.8) is 0 Å². The fraction of sp³-hybridized carbons (Fsp3) is 0.395. The summed E-state index contributed by atoms with van der Waals surface area (Å²) < 4.78 is 5.56. The number of primary amides is 1. The van der Waals surface area contributed by atoms with E-state index >= 15 is 0 Å². The first kappa shape index (κ1) is 78.6. The Morgan fingerprint density at radius 2 is 0.725 bits per heavy atom. The van der Waals surface area contributed by atoms with Gasteiger partial charge in [0.25, 0.3) is 11.8 Å². The Hall–Kier alpha value is -8.50. The molecular weight excluding hydrogens is 1550 g/mol. The third-order valence-corrected chi connectivity index (χ3v) is 24.1. The van der Waals surface area contributed by atoms with Gasteiger partial charge in [0, 0.05) is 74.6 Å². The lowest BCUT2D eigenvalue weighted by molar-refractivity contribution is 0.0995. The minimum atomic E-state index is -0.626. The van der Waals surface area contributed by atoms with Crippen molar-refractivity contribution >= 4 is 173 Å². The molecule has 4 saturated heterocycles. The number of nitrogens with one attached hydrogen (secondary N) is 4. The van der Waals surface area contributed by atoms with E-state index in [2.05, 4.69) is 141 Å². The standard InChI is InChI=1S/C19H20Cl2N6O.2C19H21Cl2N5O.C19H19Cl2N5O/c1-19(2)6-8-27(9-7-19)18-15(16(22)28)23-14-13(25-26-17(14)24-18)10-4-3-5-11(20)12(10)21;1-19(2)7-9-26(10-8-19)17-18(27-3)22-15-14(24-25-16(15)23-17)11-5-4-6-12(20)13(11)21;2*1-19(2)6-8-26(9-7-19)18-13(10-27)22-16-15(24-25-17(16)23-18)11-4-3-5-12(20)14(11)21/h3-5H,6-9H2,1-2H3,(H2,22,28)(H,24,25,26);4-6H,7-10H2,1-3H3,(H,23,24,25);3-5,27H,6-10H2,1-2H3,(H,23,24,25);3-5,10H,6-9H2,1-2H3,(H,23,24,25). The number of amides is 1. The third-order valence-electron chi connectivity index (χ3n) is 20.8. The average molecular weight is 1640 g/mol. The second kappa shape index (κ2) is 32.1. The lowest BCUT2D eigenvalue weighted by atomic mass is 9.82. The van der Waals surface area contributed by atoms with Gasteiger partial charge in [-0.15, -0.1) is 0 Å². The quantitative estimate of drug-likeness (QED) is 0.0619. The molecule has 0 unspecified atom stereocenters. The van der Waals surface area contributed by atoms with Crippen molar-refractivity contribution in [2.75, 3.05) is 79.1 Å². The number of carbonyl (C=O) groups is 2. The second-order valence-corrected chi connectivity index (χ2v) is 33.8. The van der Waals surface area contributed by atoms with Crippen molar-refractivity contribution in [2.45, 2.75) is 113 Å². The van der Waals surface area contributed by atoms with Gasteiger partial charge in [0.2, 0.25) is 22.6 Å². The number of piperidine rings is 4. The number of aldehydes is 1. The van der Waals surface area contributed by atoms with Crippen molar-refractivity contribution in [2.24, 2.45) is 27.4 Å². The highest BCUT2D eigenvalue weighted by Crippen LogP contribution is 2.44. The molecule has 0 radical (unpaired) electrons. The lowest BCUT2D eigenvalue weighted by Crippen LogP contribution is -2.39. The van der Waals surface area contributed by atoms with Crippen LogP contribution in [-0.2, 0) is 6.61 Å². The molecule has 25 nitrogen and oxygen atoms in total. The number of carbonyl (C=O) groups excluding carboxylic acids is 2. The number of aliphatic hydroxyl groups excluding tert-OH is 1. The van der Waals surface area contributed by atoms with Gasteiger partial charge < -0.3 is 35.2 Å². The Bertz CT molecular complexity index is 5230. The molecular formula is C76H81Cl8N21O4. The summed E-state index contributed by atoms with van der Waals surface area (Å²) in [5, 5.41) is 42.4. The molecule has 33 heteroatoms. The van der Waals surface area contributed by atoms with E-state index in [0.29, 0.717) is 175 Å². The van der Waals surface area contributed by atoms with Gasteiger partial charge in [-0.05, 0) is 97.3 Å². The lowest BCUT2D eigenvalue weighted by Gasteiger charge is -2.37. The van der Waals surface area contributed by atoms with Crippen LogP contribution in [0.4, 0.5) is 23.3 Å². The highest BCUT2D eigenvalue weighted by atomic mass is 35.5. The van der Waals surface area contributed by atoms with E-state index in [1.54, 1.807) is 49.6 Å². The molecule has 4 aliphatic heterocycles. The zero-order valence-corrected chi connectivity index (χ0v) is 67.5. The normalized spacial score (nSPS) is 16.7. The molecule has 0 atom stereocenters. The predicted octanol–water partition coefficient (Wildman–Crippen LogP) is 18.2. The van der Waals surface area contributed by atoms with Gasteiger partial charge in [0.05, 0.1) is 76.7 Å². The first-order valence-electron chi connectivity index (χ1n) is 35.7.